The van der Waals surface area contributed by atoms with Crippen LogP contribution in [0.5, 0.6) is 0 Å². The predicted octanol–water partition coefficient (Wildman–Crippen LogP) is 4.70. The van der Waals surface area contributed by atoms with Gasteiger partial charge in [-0.2, -0.15) is 0 Å². The van der Waals surface area contributed by atoms with Crippen molar-refractivity contribution in [2.24, 2.45) is 0 Å². The van der Waals surface area contributed by atoms with Crippen molar-refractivity contribution < 1.29 is 19.4 Å². The lowest BCUT2D eigenvalue weighted by Crippen LogP contribution is -2.35. The number of aliphatic hydroxyl groups is 1. The molecule has 0 aromatic heterocycles. The number of hydrogen-bond acceptors (Lipinski definition) is 6. The summed E-state index contributed by atoms with van der Waals surface area (Å²) in [6, 6.07) is 6.77. The molecule has 2 N–H and O–H groups in total. The second-order valence-corrected chi connectivity index (χ2v) is 6.55. The number of esters is 1. The number of hydrogen-bond donors (Lipinski definition) is 2. The van der Waals surface area contributed by atoms with Crippen LogP contribution in [0.1, 0.15) is 46.1 Å². The van der Waals surface area contributed by atoms with E-state index in [0.717, 1.165) is 24.9 Å². The maximum atomic E-state index is 11.0. The summed E-state index contributed by atoms with van der Waals surface area (Å²) in [4.78, 5) is 22.8. The number of likely N-dealkylation sites (tertiary alicyclic amines) is 1. The molecule has 1 aromatic rings. The van der Waals surface area contributed by atoms with Crippen LogP contribution in [0.2, 0.25) is 5.02 Å². The van der Waals surface area contributed by atoms with Crippen molar-refractivity contribution in [3.05, 3.63) is 47.5 Å². The summed E-state index contributed by atoms with van der Waals surface area (Å²) >= 11 is 7.24. The molecule has 1 aliphatic rings. The molecule has 1 aliphatic heterocycles. The summed E-state index contributed by atoms with van der Waals surface area (Å²) in [5, 5.41) is 9.29. The van der Waals surface area contributed by atoms with Crippen LogP contribution in [-0.2, 0) is 20.9 Å². The Kier molecular flexibility index (Phi) is 28.1. The van der Waals surface area contributed by atoms with Crippen LogP contribution in [0.15, 0.2) is 36.9 Å². The zero-order valence-electron chi connectivity index (χ0n) is 19.2. The highest BCUT2D eigenvalue weighted by Crippen LogP contribution is 2.15. The molecule has 8 heteroatoms. The Morgan fingerprint density at radius 3 is 2.27 bits per heavy atom. The van der Waals surface area contributed by atoms with Crippen molar-refractivity contribution in [2.75, 3.05) is 26.5 Å². The lowest BCUT2D eigenvalue weighted by atomic mass is 10.2. The topological polar surface area (TPSA) is 78.9 Å². The van der Waals surface area contributed by atoms with Crippen LogP contribution in [0.3, 0.4) is 0 Å². The number of amides is 1. The van der Waals surface area contributed by atoms with Crippen LogP contribution in [0.4, 0.5) is 0 Å². The summed E-state index contributed by atoms with van der Waals surface area (Å²) in [6.07, 6.45) is 6.09. The first-order valence-corrected chi connectivity index (χ1v) is 11.5. The van der Waals surface area contributed by atoms with Gasteiger partial charge in [-0.15, -0.1) is 6.58 Å². The Morgan fingerprint density at radius 2 is 1.93 bits per heavy atom. The van der Waals surface area contributed by atoms with Gasteiger partial charge in [0, 0.05) is 18.1 Å². The fraction of sp³-hybridized carbons (Fsp3) is 0.545. The number of aliphatic hydroxyl groups excluding tert-OH is 1. The molecular formula is C22H39ClN2O4S. The van der Waals surface area contributed by atoms with E-state index >= 15 is 0 Å². The smallest absolute Gasteiger partial charge is 0.328 e. The number of rotatable bonds is 5. The van der Waals surface area contributed by atoms with Gasteiger partial charge in [-0.25, -0.2) is 4.79 Å². The predicted molar refractivity (Wildman–Crippen MR) is 130 cm³/mol. The second kappa shape index (κ2) is 25.5. The van der Waals surface area contributed by atoms with E-state index in [-0.39, 0.29) is 18.6 Å². The summed E-state index contributed by atoms with van der Waals surface area (Å²) in [5.41, 5.74) is 0.888. The Hall–Kier alpha value is -1.54. The van der Waals surface area contributed by atoms with Gasteiger partial charge in [-0.05, 0) is 43.7 Å². The molecule has 0 saturated carbocycles. The number of ether oxygens (including phenoxy) is 1. The highest BCUT2D eigenvalue weighted by Gasteiger charge is 2.29. The molecule has 1 atom stereocenters. The molecule has 0 aliphatic carbocycles. The van der Waals surface area contributed by atoms with Gasteiger partial charge in [-0.1, -0.05) is 62.5 Å². The Morgan fingerprint density at radius 1 is 1.40 bits per heavy atom. The fourth-order valence-corrected chi connectivity index (χ4v) is 2.45. The van der Waals surface area contributed by atoms with Crippen molar-refractivity contribution in [2.45, 2.75) is 53.2 Å². The molecule has 1 aromatic carbocycles. The van der Waals surface area contributed by atoms with Crippen molar-refractivity contribution in [1.29, 1.82) is 0 Å². The fourth-order valence-electron chi connectivity index (χ4n) is 2.04. The molecule has 0 spiro atoms. The van der Waals surface area contributed by atoms with Gasteiger partial charge in [0.15, 0.2) is 0 Å². The largest absolute Gasteiger partial charge is 0.467 e. The molecule has 174 valence electrons. The van der Waals surface area contributed by atoms with E-state index < -0.39 is 0 Å². The number of carbonyl (C=O) groups is 2. The van der Waals surface area contributed by atoms with Crippen molar-refractivity contribution >= 4 is 35.9 Å². The number of carbonyl (C=O) groups excluding carboxylic acids is 2. The van der Waals surface area contributed by atoms with Gasteiger partial charge in [0.25, 0.3) is 0 Å². The van der Waals surface area contributed by atoms with Gasteiger partial charge in [0.2, 0.25) is 6.41 Å². The number of allylic oxidation sites excluding steroid dienone is 1. The van der Waals surface area contributed by atoms with Crippen molar-refractivity contribution in [3.8, 4) is 0 Å². The van der Waals surface area contributed by atoms with E-state index in [1.807, 2.05) is 27.0 Å². The van der Waals surface area contributed by atoms with E-state index in [1.54, 1.807) is 42.3 Å². The first-order valence-electron chi connectivity index (χ1n) is 9.92. The third-order valence-electron chi connectivity index (χ3n) is 3.29. The van der Waals surface area contributed by atoms with Gasteiger partial charge in [0.05, 0.1) is 13.7 Å². The lowest BCUT2D eigenvalue weighted by molar-refractivity contribution is -0.148. The van der Waals surface area contributed by atoms with Crippen LogP contribution < -0.4 is 4.72 Å². The maximum absolute atomic E-state index is 11.0. The molecule has 1 heterocycles. The zero-order chi connectivity index (χ0) is 23.8. The Balaban J connectivity index is -0.000000345. The molecule has 1 fully saturated rings. The highest BCUT2D eigenvalue weighted by molar-refractivity contribution is 7.96. The monoisotopic (exact) mass is 462 g/mol. The molecule has 0 bridgehead atoms. The molecular weight excluding hydrogens is 424 g/mol. The van der Waals surface area contributed by atoms with Gasteiger partial charge in [-0.3, -0.25) is 9.52 Å². The summed E-state index contributed by atoms with van der Waals surface area (Å²) < 4.78 is 7.55. The minimum Gasteiger partial charge on any atom is -0.467 e. The van der Waals surface area contributed by atoms with E-state index in [2.05, 4.69) is 23.0 Å². The third-order valence-corrected chi connectivity index (χ3v) is 4.12. The number of halogens is 1. The van der Waals surface area contributed by atoms with Crippen molar-refractivity contribution in [3.63, 3.8) is 0 Å². The molecule has 6 nitrogen and oxygen atoms in total. The normalized spacial score (nSPS) is 13.5. The van der Waals surface area contributed by atoms with Gasteiger partial charge >= 0.3 is 5.97 Å². The number of methoxy groups -OCH3 is 1. The minimum atomic E-state index is -0.336. The number of benzene rings is 1. The average molecular weight is 463 g/mol. The second-order valence-electron chi connectivity index (χ2n) is 5.42. The Bertz CT molecular complexity index is 528. The van der Waals surface area contributed by atoms with E-state index in [0.29, 0.717) is 18.0 Å². The molecule has 2 rings (SSSR count). The molecule has 0 radical (unpaired) electrons. The highest BCUT2D eigenvalue weighted by atomic mass is 35.5. The molecule has 1 unspecified atom stereocenters. The summed E-state index contributed by atoms with van der Waals surface area (Å²) in [7, 11) is 1.34. The average Bonchev–Trinajstić information content (AvgIpc) is 3.26. The first-order chi connectivity index (χ1) is 14.4. The quantitative estimate of drug-likeness (QED) is 0.285. The number of nitrogens with zero attached hydrogens (tertiary/aromatic N) is 1. The Labute approximate surface area is 192 Å². The lowest BCUT2D eigenvalue weighted by Gasteiger charge is -2.16. The molecule has 1 saturated heterocycles. The zero-order valence-corrected chi connectivity index (χ0v) is 20.8. The van der Waals surface area contributed by atoms with E-state index in [4.69, 9.17) is 16.7 Å². The van der Waals surface area contributed by atoms with Gasteiger partial charge < -0.3 is 14.7 Å². The number of nitrogens with one attached hydrogen (secondary N) is 1. The van der Waals surface area contributed by atoms with E-state index in [9.17, 15) is 9.59 Å². The van der Waals surface area contributed by atoms with Crippen LogP contribution in [0, 0.1) is 0 Å². The molecule has 30 heavy (non-hydrogen) atoms. The maximum Gasteiger partial charge on any atom is 0.328 e. The van der Waals surface area contributed by atoms with Gasteiger partial charge in [0.1, 0.15) is 6.04 Å². The summed E-state index contributed by atoms with van der Waals surface area (Å²) in [6.45, 7) is 13.1. The first kappa shape index (κ1) is 33.1. The standard InChI is InChI=1S/C7H7ClO.C7H11NO3.C3H9NS.C3H6.C2H6/c8-7-3-1-6(5-9)2-4-7;1-11-7(10)6-3-2-4-8(6)5-9;1-3-4-5-2;1-3-2;1-2/h1-4,9H,5H2;5-6H,2-4H2,1H3;4H,3H2,1-2H3;3H,1H2,2H3;1-2H3. The molecule has 1 amide bonds. The van der Waals surface area contributed by atoms with Crippen molar-refractivity contribution in [1.82, 2.24) is 9.62 Å². The SMILES string of the molecule is C=CC.CC.CCNSC.COC(=O)C1CCCN1C=O.OCc1ccc(Cl)cc1. The van der Waals surface area contributed by atoms with Crippen LogP contribution >= 0.6 is 23.5 Å². The third kappa shape index (κ3) is 18.5. The minimum absolute atomic E-state index is 0.0805. The van der Waals surface area contributed by atoms with Crippen LogP contribution in [-0.4, -0.2) is 54.9 Å². The summed E-state index contributed by atoms with van der Waals surface area (Å²) in [5.74, 6) is -0.311. The van der Waals surface area contributed by atoms with Crippen LogP contribution in [0.25, 0.3) is 0 Å². The van der Waals surface area contributed by atoms with E-state index in [1.165, 1.54) is 12.0 Å².